The third-order valence-electron chi connectivity index (χ3n) is 3.06. The molecule has 1 rings (SSSR count). The second-order valence-electron chi connectivity index (χ2n) is 6.48. The van der Waals surface area contributed by atoms with Gasteiger partial charge in [0.1, 0.15) is 5.60 Å². The van der Waals surface area contributed by atoms with Gasteiger partial charge in [0.2, 0.25) is 0 Å². The average molecular weight is 363 g/mol. The highest BCUT2D eigenvalue weighted by Gasteiger charge is 2.32. The zero-order valence-corrected chi connectivity index (χ0v) is 14.4. The second kappa shape index (κ2) is 7.73. The number of hydrogen-bond donors (Lipinski definition) is 1. The Hall–Kier alpha value is -2.29. The number of carbonyl (C=O) groups is 2. The fourth-order valence-corrected chi connectivity index (χ4v) is 1.95. The van der Waals surface area contributed by atoms with E-state index >= 15 is 0 Å². The molecule has 3 N–H and O–H groups in total. The summed E-state index contributed by atoms with van der Waals surface area (Å²) >= 11 is 0. The van der Waals surface area contributed by atoms with E-state index in [9.17, 15) is 22.8 Å². The molecule has 1 aromatic carbocycles. The van der Waals surface area contributed by atoms with E-state index in [4.69, 9.17) is 9.94 Å². The Morgan fingerprint density at radius 2 is 1.88 bits per heavy atom. The zero-order chi connectivity index (χ0) is 19.4. The number of nitrogens with one attached hydrogen (secondary N) is 1. The highest BCUT2D eigenvalue weighted by Crippen LogP contribution is 2.31. The molecule has 0 heterocycles. The van der Waals surface area contributed by atoms with E-state index in [0.29, 0.717) is 5.06 Å². The van der Waals surface area contributed by atoms with Crippen molar-refractivity contribution in [2.24, 2.45) is 0 Å². The normalized spacial score (nSPS) is 13.1. The fourth-order valence-electron chi connectivity index (χ4n) is 1.95. The van der Waals surface area contributed by atoms with Crippen molar-refractivity contribution in [2.45, 2.75) is 45.0 Å². The molecular weight excluding hydrogens is 341 g/mol. The lowest BCUT2D eigenvalue weighted by atomic mass is 10.0. The predicted octanol–water partition coefficient (Wildman–Crippen LogP) is 2.76. The number of hydrogen-bond acceptors (Lipinski definition) is 3. The number of benzene rings is 1. The number of amides is 2. The van der Waals surface area contributed by atoms with E-state index in [0.717, 1.165) is 12.1 Å². The Labute approximate surface area is 143 Å². The van der Waals surface area contributed by atoms with Gasteiger partial charge in [-0.25, -0.2) is 4.79 Å². The van der Waals surface area contributed by atoms with Gasteiger partial charge in [0.15, 0.2) is 0 Å². The van der Waals surface area contributed by atoms with Crippen molar-refractivity contribution < 1.29 is 32.7 Å². The molecule has 1 atom stereocenters. The molecule has 0 fully saturated rings. The van der Waals surface area contributed by atoms with Crippen molar-refractivity contribution in [1.29, 1.82) is 0 Å². The van der Waals surface area contributed by atoms with E-state index in [1.807, 2.05) is 0 Å². The van der Waals surface area contributed by atoms with Gasteiger partial charge in [-0.2, -0.15) is 13.2 Å². The molecule has 0 bridgehead atoms. The first-order valence-electron chi connectivity index (χ1n) is 7.44. The Morgan fingerprint density at radius 1 is 1.28 bits per heavy atom. The van der Waals surface area contributed by atoms with Gasteiger partial charge in [-0.3, -0.25) is 4.79 Å². The minimum absolute atomic E-state index is 0.0934. The molecule has 2 amide bonds. The molecule has 1 unspecified atom stereocenters. The maximum atomic E-state index is 12.9. The summed E-state index contributed by atoms with van der Waals surface area (Å²) in [7, 11) is 1.19. The van der Waals surface area contributed by atoms with E-state index in [1.165, 1.54) is 19.2 Å². The van der Waals surface area contributed by atoms with Crippen LogP contribution < -0.4 is 5.32 Å². The quantitative estimate of drug-likeness (QED) is 0.660. The summed E-state index contributed by atoms with van der Waals surface area (Å²) in [6, 6.07) is 3.26. The molecule has 0 spiro atoms. The topological polar surface area (TPSA) is 81.5 Å². The lowest BCUT2D eigenvalue weighted by Gasteiger charge is -2.24. The molecule has 0 radical (unpaired) electrons. The van der Waals surface area contributed by atoms with Crippen LogP contribution in [0.4, 0.5) is 18.0 Å². The number of alkyl carbamates (subject to hydrolysis) is 1. The minimum atomic E-state index is -4.55. The Balaban J connectivity index is 3.10. The molecule has 0 aliphatic rings. The molecule has 1 aromatic rings. The van der Waals surface area contributed by atoms with Crippen LogP contribution >= 0.6 is 0 Å². The van der Waals surface area contributed by atoms with Crippen molar-refractivity contribution >= 4 is 12.0 Å². The van der Waals surface area contributed by atoms with Gasteiger partial charge in [-0.05, 0) is 38.5 Å². The SMILES string of the molecule is CN([OH2+])C(=O)CC(NC(=O)OC(C)(C)C)c1cccc(C(F)(F)F)c1. The standard InChI is InChI=1S/C16H21F3N2O4/c1-15(2,3)25-14(23)20-12(9-13(22)21(4)24)10-6-5-7-11(8-10)16(17,18)19/h5-8,12,24H,9H2,1-4H3,(H,20,23)/p+1. The molecule has 0 aliphatic heterocycles. The van der Waals surface area contributed by atoms with Crippen molar-refractivity contribution in [2.75, 3.05) is 7.05 Å². The molecule has 6 nitrogen and oxygen atoms in total. The first-order valence-corrected chi connectivity index (χ1v) is 7.44. The maximum absolute atomic E-state index is 12.9. The average Bonchev–Trinajstić information content (AvgIpc) is 2.43. The summed E-state index contributed by atoms with van der Waals surface area (Å²) in [6.07, 6.45) is -5.79. The number of nitrogens with zero attached hydrogens (tertiary/aromatic N) is 1. The number of halogens is 3. The van der Waals surface area contributed by atoms with Crippen LogP contribution in [0.3, 0.4) is 0 Å². The first kappa shape index (κ1) is 20.8. The monoisotopic (exact) mass is 363 g/mol. The molecule has 140 valence electrons. The van der Waals surface area contributed by atoms with Gasteiger partial charge >= 0.3 is 12.3 Å². The van der Waals surface area contributed by atoms with E-state index in [2.05, 4.69) is 5.32 Å². The lowest BCUT2D eigenvalue weighted by Crippen LogP contribution is -2.37. The molecule has 0 aliphatic carbocycles. The summed E-state index contributed by atoms with van der Waals surface area (Å²) in [5.41, 5.74) is -1.61. The second-order valence-corrected chi connectivity index (χ2v) is 6.48. The summed E-state index contributed by atoms with van der Waals surface area (Å²) in [6.45, 7) is 4.90. The predicted molar refractivity (Wildman–Crippen MR) is 84.6 cm³/mol. The van der Waals surface area contributed by atoms with Crippen molar-refractivity contribution in [3.8, 4) is 0 Å². The number of carbonyl (C=O) groups excluding carboxylic acids is 2. The summed E-state index contributed by atoms with van der Waals surface area (Å²) in [4.78, 5) is 23.7. The van der Waals surface area contributed by atoms with Gasteiger partial charge in [0.05, 0.1) is 25.1 Å². The van der Waals surface area contributed by atoms with Crippen LogP contribution in [0, 0.1) is 0 Å². The van der Waals surface area contributed by atoms with Crippen LogP contribution in [0.25, 0.3) is 0 Å². The molecule has 0 saturated heterocycles. The van der Waals surface area contributed by atoms with E-state index in [1.54, 1.807) is 20.8 Å². The Bertz CT molecular complexity index is 625. The van der Waals surface area contributed by atoms with Crippen molar-refractivity contribution in [3.05, 3.63) is 35.4 Å². The fraction of sp³-hybridized carbons (Fsp3) is 0.500. The van der Waals surface area contributed by atoms with Crippen molar-refractivity contribution in [1.82, 2.24) is 10.4 Å². The number of hydroxylamine groups is 2. The molecule has 25 heavy (non-hydrogen) atoms. The number of ether oxygens (including phenoxy) is 1. The smallest absolute Gasteiger partial charge is 0.416 e. The van der Waals surface area contributed by atoms with Gasteiger partial charge in [-0.1, -0.05) is 12.1 Å². The number of alkyl halides is 3. The molecular formula is C16H22F3N2O4+. The largest absolute Gasteiger partial charge is 0.444 e. The highest BCUT2D eigenvalue weighted by molar-refractivity contribution is 5.77. The third-order valence-corrected chi connectivity index (χ3v) is 3.06. The molecule has 0 aromatic heterocycles. The Kier molecular flexibility index (Phi) is 6.42. The maximum Gasteiger partial charge on any atom is 0.416 e. The van der Waals surface area contributed by atoms with Crippen LogP contribution in [0.5, 0.6) is 0 Å². The summed E-state index contributed by atoms with van der Waals surface area (Å²) in [5, 5.41) is 10.2. The van der Waals surface area contributed by atoms with Gasteiger partial charge in [0, 0.05) is 0 Å². The van der Waals surface area contributed by atoms with Gasteiger partial charge in [-0.15, -0.1) is 5.06 Å². The van der Waals surface area contributed by atoms with Gasteiger partial charge in [0.25, 0.3) is 5.91 Å². The zero-order valence-electron chi connectivity index (χ0n) is 14.4. The Morgan fingerprint density at radius 3 is 2.36 bits per heavy atom. The lowest BCUT2D eigenvalue weighted by molar-refractivity contribution is -0.159. The highest BCUT2D eigenvalue weighted by atomic mass is 19.4. The first-order chi connectivity index (χ1) is 11.3. The van der Waals surface area contributed by atoms with E-state index in [-0.39, 0.29) is 12.0 Å². The summed E-state index contributed by atoms with van der Waals surface area (Å²) in [5.74, 6) is -0.668. The van der Waals surface area contributed by atoms with Crippen LogP contribution in [-0.4, -0.2) is 34.9 Å². The van der Waals surface area contributed by atoms with E-state index < -0.39 is 35.4 Å². The third kappa shape index (κ3) is 7.00. The van der Waals surface area contributed by atoms with Crippen LogP contribution in [0.15, 0.2) is 24.3 Å². The van der Waals surface area contributed by atoms with Crippen molar-refractivity contribution in [3.63, 3.8) is 0 Å². The molecule has 0 saturated carbocycles. The van der Waals surface area contributed by atoms with Crippen LogP contribution in [0.1, 0.15) is 44.4 Å². The number of rotatable bonds is 4. The summed E-state index contributed by atoms with van der Waals surface area (Å²) < 4.78 is 43.8. The van der Waals surface area contributed by atoms with Crippen LogP contribution in [0.2, 0.25) is 0 Å². The molecule has 9 heteroatoms. The van der Waals surface area contributed by atoms with Gasteiger partial charge < -0.3 is 15.3 Å². The minimum Gasteiger partial charge on any atom is -0.444 e. The van der Waals surface area contributed by atoms with Crippen LogP contribution in [-0.2, 0) is 15.7 Å².